The fourth-order valence-corrected chi connectivity index (χ4v) is 2.61. The molecule has 1 saturated carbocycles. The summed E-state index contributed by atoms with van der Waals surface area (Å²) >= 11 is 0. The normalized spacial score (nSPS) is 23.7. The number of carbonyl (C=O) groups is 1. The van der Waals surface area contributed by atoms with Gasteiger partial charge in [-0.2, -0.15) is 0 Å². The zero-order valence-electron chi connectivity index (χ0n) is 11.1. The van der Waals surface area contributed by atoms with Gasteiger partial charge in [0.05, 0.1) is 5.92 Å². The molecule has 0 amide bonds. The van der Waals surface area contributed by atoms with Crippen LogP contribution in [0.15, 0.2) is 18.2 Å². The molecule has 3 nitrogen and oxygen atoms in total. The average molecular weight is 247 g/mol. The summed E-state index contributed by atoms with van der Waals surface area (Å²) in [5.74, 6) is -0.829. The summed E-state index contributed by atoms with van der Waals surface area (Å²) in [5.41, 5.74) is 3.66. The molecule has 0 radical (unpaired) electrons. The fraction of sp³-hybridized carbons (Fsp3) is 0.533. The smallest absolute Gasteiger partial charge is 0.306 e. The van der Waals surface area contributed by atoms with Crippen LogP contribution in [-0.4, -0.2) is 17.1 Å². The van der Waals surface area contributed by atoms with Gasteiger partial charge >= 0.3 is 5.97 Å². The van der Waals surface area contributed by atoms with E-state index in [2.05, 4.69) is 37.4 Å². The van der Waals surface area contributed by atoms with Crippen molar-refractivity contribution in [2.24, 2.45) is 5.92 Å². The summed E-state index contributed by atoms with van der Waals surface area (Å²) < 4.78 is 0. The molecule has 0 saturated heterocycles. The lowest BCUT2D eigenvalue weighted by atomic mass is 9.85. The van der Waals surface area contributed by atoms with Gasteiger partial charge in [-0.25, -0.2) is 0 Å². The van der Waals surface area contributed by atoms with Gasteiger partial charge in [0.25, 0.3) is 0 Å². The van der Waals surface area contributed by atoms with E-state index in [1.54, 1.807) is 0 Å². The number of carboxylic acids is 1. The predicted molar refractivity (Wildman–Crippen MR) is 72.9 cm³/mol. The van der Waals surface area contributed by atoms with E-state index in [9.17, 15) is 4.79 Å². The topological polar surface area (TPSA) is 49.3 Å². The molecule has 0 heterocycles. The second-order valence-corrected chi connectivity index (χ2v) is 5.34. The molecule has 0 aromatic heterocycles. The summed E-state index contributed by atoms with van der Waals surface area (Å²) in [6.45, 7) is 4.20. The molecule has 2 N–H and O–H groups in total. The maximum absolute atomic E-state index is 11.0. The van der Waals surface area contributed by atoms with Crippen LogP contribution in [0.4, 0.5) is 5.69 Å². The SMILES string of the molecule is Cc1ccc(NC2CCCC(C(=O)O)C2)cc1C. The second kappa shape index (κ2) is 5.42. The Morgan fingerprint density at radius 2 is 2.06 bits per heavy atom. The van der Waals surface area contributed by atoms with Gasteiger partial charge < -0.3 is 10.4 Å². The van der Waals surface area contributed by atoms with E-state index in [1.807, 2.05) is 0 Å². The molecule has 0 aliphatic heterocycles. The van der Waals surface area contributed by atoms with Crippen molar-refractivity contribution in [2.75, 3.05) is 5.32 Å². The van der Waals surface area contributed by atoms with Crippen molar-refractivity contribution in [3.8, 4) is 0 Å². The first-order valence-electron chi connectivity index (χ1n) is 6.63. The summed E-state index contributed by atoms with van der Waals surface area (Å²) in [5, 5.41) is 12.5. The van der Waals surface area contributed by atoms with Crippen LogP contribution < -0.4 is 5.32 Å². The Hall–Kier alpha value is -1.51. The number of aryl methyl sites for hydroxylation is 2. The van der Waals surface area contributed by atoms with Crippen LogP contribution >= 0.6 is 0 Å². The van der Waals surface area contributed by atoms with Crippen molar-refractivity contribution in [3.05, 3.63) is 29.3 Å². The van der Waals surface area contributed by atoms with Crippen LogP contribution in [0.2, 0.25) is 0 Å². The van der Waals surface area contributed by atoms with E-state index in [0.29, 0.717) is 6.04 Å². The molecule has 0 spiro atoms. The highest BCUT2D eigenvalue weighted by atomic mass is 16.4. The van der Waals surface area contributed by atoms with Crippen LogP contribution in [0.25, 0.3) is 0 Å². The van der Waals surface area contributed by atoms with Gasteiger partial charge in [0.1, 0.15) is 0 Å². The number of anilines is 1. The van der Waals surface area contributed by atoms with Gasteiger partial charge in [-0.1, -0.05) is 12.5 Å². The number of benzene rings is 1. The Bertz CT molecular complexity index is 442. The van der Waals surface area contributed by atoms with Crippen LogP contribution in [0.3, 0.4) is 0 Å². The highest BCUT2D eigenvalue weighted by molar-refractivity contribution is 5.70. The Labute approximate surface area is 108 Å². The lowest BCUT2D eigenvalue weighted by Gasteiger charge is -2.28. The summed E-state index contributed by atoms with van der Waals surface area (Å²) in [6.07, 6.45) is 3.62. The maximum atomic E-state index is 11.0. The standard InChI is InChI=1S/C15H21NO2/c1-10-6-7-14(8-11(10)2)16-13-5-3-4-12(9-13)15(17)18/h6-8,12-13,16H,3-5,9H2,1-2H3,(H,17,18). The molecule has 1 aromatic carbocycles. The summed E-state index contributed by atoms with van der Waals surface area (Å²) in [7, 11) is 0. The Balaban J connectivity index is 2.00. The van der Waals surface area contributed by atoms with Crippen molar-refractivity contribution in [1.82, 2.24) is 0 Å². The maximum Gasteiger partial charge on any atom is 0.306 e. The van der Waals surface area contributed by atoms with Gasteiger partial charge in [0.15, 0.2) is 0 Å². The van der Waals surface area contributed by atoms with Gasteiger partial charge in [-0.05, 0) is 56.4 Å². The zero-order chi connectivity index (χ0) is 13.1. The van der Waals surface area contributed by atoms with Crippen molar-refractivity contribution in [3.63, 3.8) is 0 Å². The molecule has 1 aliphatic rings. The summed E-state index contributed by atoms with van der Waals surface area (Å²) in [6, 6.07) is 6.61. The molecular weight excluding hydrogens is 226 g/mol. The molecule has 3 heteroatoms. The number of nitrogens with one attached hydrogen (secondary N) is 1. The van der Waals surface area contributed by atoms with E-state index in [0.717, 1.165) is 31.4 Å². The van der Waals surface area contributed by atoms with Gasteiger partial charge in [0.2, 0.25) is 0 Å². The Morgan fingerprint density at radius 3 is 2.72 bits per heavy atom. The molecule has 1 aliphatic carbocycles. The molecular formula is C15H21NO2. The molecule has 98 valence electrons. The predicted octanol–water partition coefficient (Wildman–Crippen LogP) is 3.36. The molecule has 2 atom stereocenters. The van der Waals surface area contributed by atoms with E-state index >= 15 is 0 Å². The van der Waals surface area contributed by atoms with E-state index in [-0.39, 0.29) is 5.92 Å². The lowest BCUT2D eigenvalue weighted by molar-refractivity contribution is -0.142. The first kappa shape index (κ1) is 12.9. The van der Waals surface area contributed by atoms with Crippen molar-refractivity contribution >= 4 is 11.7 Å². The lowest BCUT2D eigenvalue weighted by Crippen LogP contribution is -2.30. The second-order valence-electron chi connectivity index (χ2n) is 5.34. The Morgan fingerprint density at radius 1 is 1.28 bits per heavy atom. The number of carboxylic acid groups (broad SMARTS) is 1. The molecule has 18 heavy (non-hydrogen) atoms. The fourth-order valence-electron chi connectivity index (χ4n) is 2.61. The first-order valence-corrected chi connectivity index (χ1v) is 6.63. The van der Waals surface area contributed by atoms with Crippen molar-refractivity contribution < 1.29 is 9.90 Å². The van der Waals surface area contributed by atoms with Gasteiger partial charge in [0, 0.05) is 11.7 Å². The van der Waals surface area contributed by atoms with Crippen molar-refractivity contribution in [1.29, 1.82) is 0 Å². The summed E-state index contributed by atoms with van der Waals surface area (Å²) in [4.78, 5) is 11.0. The Kier molecular flexibility index (Phi) is 3.90. The number of aliphatic carboxylic acids is 1. The molecule has 2 unspecified atom stereocenters. The number of rotatable bonds is 3. The first-order chi connectivity index (χ1) is 8.56. The van der Waals surface area contributed by atoms with Crippen LogP contribution in [0, 0.1) is 19.8 Å². The molecule has 1 aromatic rings. The third-order valence-corrected chi connectivity index (χ3v) is 3.90. The third kappa shape index (κ3) is 3.03. The minimum Gasteiger partial charge on any atom is -0.481 e. The van der Waals surface area contributed by atoms with Crippen molar-refractivity contribution in [2.45, 2.75) is 45.6 Å². The number of hydrogen-bond acceptors (Lipinski definition) is 2. The van der Waals surface area contributed by atoms with Gasteiger partial charge in [-0.15, -0.1) is 0 Å². The van der Waals surface area contributed by atoms with Gasteiger partial charge in [-0.3, -0.25) is 4.79 Å². The highest BCUT2D eigenvalue weighted by Crippen LogP contribution is 2.27. The molecule has 0 bridgehead atoms. The van der Waals surface area contributed by atoms with Crippen LogP contribution in [-0.2, 0) is 4.79 Å². The minimum absolute atomic E-state index is 0.178. The monoisotopic (exact) mass is 247 g/mol. The minimum atomic E-state index is -0.651. The molecule has 1 fully saturated rings. The van der Waals surface area contributed by atoms with Crippen LogP contribution in [0.5, 0.6) is 0 Å². The van der Waals surface area contributed by atoms with Crippen LogP contribution in [0.1, 0.15) is 36.8 Å². The van der Waals surface area contributed by atoms with E-state index < -0.39 is 5.97 Å². The van der Waals surface area contributed by atoms with E-state index in [1.165, 1.54) is 11.1 Å². The van der Waals surface area contributed by atoms with E-state index in [4.69, 9.17) is 5.11 Å². The third-order valence-electron chi connectivity index (χ3n) is 3.90. The quantitative estimate of drug-likeness (QED) is 0.861. The molecule has 2 rings (SSSR count). The largest absolute Gasteiger partial charge is 0.481 e. The average Bonchev–Trinajstić information content (AvgIpc) is 2.34. The zero-order valence-corrected chi connectivity index (χ0v) is 11.1. The number of hydrogen-bond donors (Lipinski definition) is 2. The highest BCUT2D eigenvalue weighted by Gasteiger charge is 2.26.